The van der Waals surface area contributed by atoms with Crippen LogP contribution in [0.1, 0.15) is 18.9 Å². The van der Waals surface area contributed by atoms with Crippen molar-refractivity contribution in [3.8, 4) is 5.75 Å². The van der Waals surface area contributed by atoms with E-state index in [2.05, 4.69) is 40.8 Å². The summed E-state index contributed by atoms with van der Waals surface area (Å²) >= 11 is 0. The summed E-state index contributed by atoms with van der Waals surface area (Å²) in [5.74, 6) is 1.10. The van der Waals surface area contributed by atoms with Crippen LogP contribution in [0.25, 0.3) is 10.9 Å². The first-order valence-electron chi connectivity index (χ1n) is 9.56. The zero-order chi connectivity index (χ0) is 20.0. The quantitative estimate of drug-likeness (QED) is 0.199. The largest absolute Gasteiger partial charge is 0.497 e. The SMILES string of the molecule is COc1ccc2[nH]cc(CCNCC3=CCC(C=CC(C)(O)NO)C=C3)c2c1. The fourth-order valence-corrected chi connectivity index (χ4v) is 3.25. The molecule has 2 unspecified atom stereocenters. The maximum Gasteiger partial charge on any atom is 0.153 e. The molecule has 1 aliphatic rings. The highest BCUT2D eigenvalue weighted by Crippen LogP contribution is 2.24. The Morgan fingerprint density at radius 3 is 2.96 bits per heavy atom. The Labute approximate surface area is 165 Å². The van der Waals surface area contributed by atoms with Crippen LogP contribution >= 0.6 is 0 Å². The van der Waals surface area contributed by atoms with E-state index in [0.717, 1.165) is 37.2 Å². The van der Waals surface area contributed by atoms with Gasteiger partial charge < -0.3 is 25.4 Å². The normalized spacial score (nSPS) is 19.1. The third kappa shape index (κ3) is 5.33. The summed E-state index contributed by atoms with van der Waals surface area (Å²) < 4.78 is 5.32. The van der Waals surface area contributed by atoms with Gasteiger partial charge >= 0.3 is 0 Å². The van der Waals surface area contributed by atoms with E-state index >= 15 is 0 Å². The van der Waals surface area contributed by atoms with Gasteiger partial charge in [0, 0.05) is 23.6 Å². The van der Waals surface area contributed by atoms with Gasteiger partial charge in [-0.2, -0.15) is 5.48 Å². The van der Waals surface area contributed by atoms with E-state index in [-0.39, 0.29) is 5.92 Å². The molecular formula is C22H29N3O3. The molecule has 1 aliphatic carbocycles. The molecule has 6 heteroatoms. The Kier molecular flexibility index (Phi) is 6.70. The number of ether oxygens (including phenoxy) is 1. The Balaban J connectivity index is 1.45. The van der Waals surface area contributed by atoms with Crippen LogP contribution in [0.2, 0.25) is 0 Å². The zero-order valence-electron chi connectivity index (χ0n) is 16.4. The van der Waals surface area contributed by atoms with Crippen LogP contribution in [0.15, 0.2) is 60.3 Å². The number of aliphatic hydroxyl groups is 1. The van der Waals surface area contributed by atoms with Crippen molar-refractivity contribution in [2.45, 2.75) is 25.5 Å². The molecule has 0 saturated heterocycles. The maximum atomic E-state index is 9.72. The van der Waals surface area contributed by atoms with Crippen LogP contribution in [0.3, 0.4) is 0 Å². The van der Waals surface area contributed by atoms with Gasteiger partial charge in [-0.1, -0.05) is 24.3 Å². The lowest BCUT2D eigenvalue weighted by molar-refractivity contribution is -0.0442. The standard InChI is InChI=1S/C22H29N3O3/c1-22(26,25-27)11-9-16-3-5-17(6-4-16)14-23-12-10-18-15-24-21-8-7-19(28-2)13-20(18)21/h3,5-9,11,13,15-16,23-27H,4,10,12,14H2,1-2H3. The van der Waals surface area contributed by atoms with Crippen molar-refractivity contribution in [3.05, 3.63) is 65.9 Å². The second kappa shape index (κ2) is 9.21. The van der Waals surface area contributed by atoms with Gasteiger partial charge in [-0.3, -0.25) is 0 Å². The highest BCUT2D eigenvalue weighted by molar-refractivity contribution is 5.84. The molecule has 6 nitrogen and oxygen atoms in total. The number of fused-ring (bicyclic) bond motifs is 1. The van der Waals surface area contributed by atoms with Crippen LogP contribution in [0.4, 0.5) is 0 Å². The van der Waals surface area contributed by atoms with Crippen molar-refractivity contribution in [1.82, 2.24) is 15.8 Å². The smallest absolute Gasteiger partial charge is 0.153 e. The van der Waals surface area contributed by atoms with Crippen molar-refractivity contribution in [1.29, 1.82) is 0 Å². The van der Waals surface area contributed by atoms with Crippen LogP contribution in [-0.2, 0) is 6.42 Å². The number of aromatic amines is 1. The molecule has 2 atom stereocenters. The molecule has 0 fully saturated rings. The molecular weight excluding hydrogens is 354 g/mol. The van der Waals surface area contributed by atoms with Crippen molar-refractivity contribution in [3.63, 3.8) is 0 Å². The lowest BCUT2D eigenvalue weighted by Gasteiger charge is -2.18. The number of benzene rings is 1. The minimum absolute atomic E-state index is 0.227. The van der Waals surface area contributed by atoms with Gasteiger partial charge in [-0.25, -0.2) is 0 Å². The van der Waals surface area contributed by atoms with Gasteiger partial charge in [0.15, 0.2) is 5.72 Å². The molecule has 1 aromatic heterocycles. The van der Waals surface area contributed by atoms with Crippen molar-refractivity contribution in [2.75, 3.05) is 20.2 Å². The highest BCUT2D eigenvalue weighted by atomic mass is 16.5. The fraction of sp³-hybridized carbons (Fsp3) is 0.364. The summed E-state index contributed by atoms with van der Waals surface area (Å²) in [7, 11) is 1.69. The Morgan fingerprint density at radius 1 is 1.39 bits per heavy atom. The third-order valence-electron chi connectivity index (χ3n) is 4.98. The van der Waals surface area contributed by atoms with Gasteiger partial charge in [0.05, 0.1) is 7.11 Å². The van der Waals surface area contributed by atoms with Gasteiger partial charge in [-0.05, 0) is 67.6 Å². The summed E-state index contributed by atoms with van der Waals surface area (Å²) in [5, 5.41) is 23.3. The maximum absolute atomic E-state index is 9.72. The molecule has 1 heterocycles. The molecule has 0 aliphatic heterocycles. The summed E-state index contributed by atoms with van der Waals surface area (Å²) in [6.07, 6.45) is 13.8. The number of allylic oxidation sites excluding steroid dienone is 3. The highest BCUT2D eigenvalue weighted by Gasteiger charge is 2.14. The van der Waals surface area contributed by atoms with Crippen LogP contribution < -0.4 is 15.5 Å². The number of rotatable bonds is 9. The number of hydrogen-bond donors (Lipinski definition) is 5. The predicted molar refractivity (Wildman–Crippen MR) is 111 cm³/mol. The zero-order valence-corrected chi connectivity index (χ0v) is 16.4. The number of methoxy groups -OCH3 is 1. The van der Waals surface area contributed by atoms with Crippen molar-refractivity contribution in [2.24, 2.45) is 5.92 Å². The molecule has 0 saturated carbocycles. The summed E-state index contributed by atoms with van der Waals surface area (Å²) in [5.41, 5.74) is 4.14. The minimum atomic E-state index is -1.40. The fourth-order valence-electron chi connectivity index (χ4n) is 3.25. The van der Waals surface area contributed by atoms with Gasteiger partial charge in [0.1, 0.15) is 5.75 Å². The van der Waals surface area contributed by atoms with Gasteiger partial charge in [0.25, 0.3) is 0 Å². The van der Waals surface area contributed by atoms with Crippen molar-refractivity contribution >= 4 is 10.9 Å². The van der Waals surface area contributed by atoms with Crippen molar-refractivity contribution < 1.29 is 15.1 Å². The first-order valence-corrected chi connectivity index (χ1v) is 9.56. The Bertz CT molecular complexity index is 880. The first kappa shape index (κ1) is 20.4. The van der Waals surface area contributed by atoms with E-state index in [0.29, 0.717) is 0 Å². The summed E-state index contributed by atoms with van der Waals surface area (Å²) in [4.78, 5) is 3.31. The Morgan fingerprint density at radius 2 is 2.25 bits per heavy atom. The molecule has 3 rings (SSSR count). The monoisotopic (exact) mass is 383 g/mol. The lowest BCUT2D eigenvalue weighted by atomic mass is 9.95. The molecule has 28 heavy (non-hydrogen) atoms. The molecule has 0 bridgehead atoms. The predicted octanol–water partition coefficient (Wildman–Crippen LogP) is 3.05. The number of nitrogens with one attached hydrogen (secondary N) is 3. The molecule has 5 N–H and O–H groups in total. The number of hydroxylamine groups is 1. The van der Waals surface area contributed by atoms with Crippen LogP contribution in [0, 0.1) is 5.92 Å². The number of H-pyrrole nitrogens is 1. The van der Waals surface area contributed by atoms with E-state index in [1.54, 1.807) is 13.2 Å². The van der Waals surface area contributed by atoms with E-state index < -0.39 is 5.72 Å². The topological polar surface area (TPSA) is 89.5 Å². The van der Waals surface area contributed by atoms with Gasteiger partial charge in [-0.15, -0.1) is 0 Å². The Hall–Kier alpha value is -2.38. The molecule has 0 amide bonds. The van der Waals surface area contributed by atoms with Crippen LogP contribution in [0.5, 0.6) is 5.75 Å². The molecule has 0 radical (unpaired) electrons. The number of aromatic nitrogens is 1. The van der Waals surface area contributed by atoms with Gasteiger partial charge in [0.2, 0.25) is 0 Å². The molecule has 2 aromatic rings. The summed E-state index contributed by atoms with van der Waals surface area (Å²) in [6.45, 7) is 3.21. The van der Waals surface area contributed by atoms with E-state index in [9.17, 15) is 5.11 Å². The molecule has 1 aromatic carbocycles. The molecule has 150 valence electrons. The minimum Gasteiger partial charge on any atom is -0.497 e. The molecule has 0 spiro atoms. The average Bonchev–Trinajstić information content (AvgIpc) is 3.12. The second-order valence-electron chi connectivity index (χ2n) is 7.31. The van der Waals surface area contributed by atoms with E-state index in [1.807, 2.05) is 23.7 Å². The third-order valence-corrected chi connectivity index (χ3v) is 4.98. The number of hydrogen-bond acceptors (Lipinski definition) is 5. The van der Waals surface area contributed by atoms with Crippen LogP contribution in [-0.4, -0.2) is 41.2 Å². The van der Waals surface area contributed by atoms with E-state index in [4.69, 9.17) is 9.94 Å². The lowest BCUT2D eigenvalue weighted by Crippen LogP contribution is -2.37. The van der Waals surface area contributed by atoms with E-state index in [1.165, 1.54) is 23.4 Å². The summed E-state index contributed by atoms with van der Waals surface area (Å²) in [6, 6.07) is 6.08. The average molecular weight is 383 g/mol. The second-order valence-corrected chi connectivity index (χ2v) is 7.31. The first-order chi connectivity index (χ1) is 13.5.